The third-order valence-electron chi connectivity index (χ3n) is 4.51. The van der Waals surface area contributed by atoms with Gasteiger partial charge in [0.15, 0.2) is 0 Å². The molecule has 1 amide bonds. The molecule has 2 N–H and O–H groups in total. The Morgan fingerprint density at radius 2 is 1.69 bits per heavy atom. The lowest BCUT2D eigenvalue weighted by atomic mass is 10.0. The second kappa shape index (κ2) is 10.1. The fourth-order valence-corrected chi connectivity index (χ4v) is 2.87. The summed E-state index contributed by atoms with van der Waals surface area (Å²) >= 11 is 0. The Hall–Kier alpha value is -2.80. The lowest BCUT2D eigenvalue weighted by Crippen LogP contribution is -2.40. The minimum Gasteiger partial charge on any atom is -0.478 e. The molecule has 0 aliphatic rings. The van der Waals surface area contributed by atoms with E-state index in [9.17, 15) is 18.4 Å². The van der Waals surface area contributed by atoms with Gasteiger partial charge in [-0.15, -0.1) is 0 Å². The summed E-state index contributed by atoms with van der Waals surface area (Å²) in [7, 11) is 0. The highest BCUT2D eigenvalue weighted by molar-refractivity contribution is 5.87. The van der Waals surface area contributed by atoms with Gasteiger partial charge < -0.3 is 15.2 Å². The summed E-state index contributed by atoms with van der Waals surface area (Å²) in [5, 5.41) is 11.8. The molecular weight excluding hydrogens is 380 g/mol. The smallest absolute Gasteiger partial charge is 0.335 e. The average molecular weight is 405 g/mol. The molecule has 1 unspecified atom stereocenters. The monoisotopic (exact) mass is 405 g/mol. The lowest BCUT2D eigenvalue weighted by Gasteiger charge is -2.24. The van der Waals surface area contributed by atoms with E-state index in [-0.39, 0.29) is 35.6 Å². The molecule has 0 bridgehead atoms. The number of carbonyl (C=O) groups is 2. The normalized spacial score (nSPS) is 13.3. The predicted molar refractivity (Wildman–Crippen MR) is 105 cm³/mol. The molecule has 0 aromatic heterocycles. The van der Waals surface area contributed by atoms with Crippen molar-refractivity contribution >= 4 is 11.9 Å². The first-order valence-corrected chi connectivity index (χ1v) is 9.31. The molecule has 7 heteroatoms. The molecule has 2 aromatic carbocycles. The minimum atomic E-state index is -2.56. The Bertz CT molecular complexity index is 837. The van der Waals surface area contributed by atoms with Gasteiger partial charge in [-0.3, -0.25) is 4.79 Å². The van der Waals surface area contributed by atoms with Crippen molar-refractivity contribution in [3.05, 3.63) is 70.8 Å². The third kappa shape index (κ3) is 6.35. The Kier molecular flexibility index (Phi) is 7.84. The van der Waals surface area contributed by atoms with Gasteiger partial charge in [-0.2, -0.15) is 0 Å². The van der Waals surface area contributed by atoms with Crippen LogP contribution in [0.2, 0.25) is 0 Å². The maximum Gasteiger partial charge on any atom is 0.335 e. The molecule has 2 atom stereocenters. The summed E-state index contributed by atoms with van der Waals surface area (Å²) in [5.74, 6) is -1.47. The van der Waals surface area contributed by atoms with E-state index in [4.69, 9.17) is 9.84 Å². The van der Waals surface area contributed by atoms with Crippen molar-refractivity contribution in [2.45, 2.75) is 45.9 Å². The van der Waals surface area contributed by atoms with Crippen LogP contribution in [0.3, 0.4) is 0 Å². The molecule has 2 rings (SSSR count). The number of carboxylic acids is 1. The quantitative estimate of drug-likeness (QED) is 0.632. The van der Waals surface area contributed by atoms with Crippen LogP contribution < -0.4 is 5.32 Å². The van der Waals surface area contributed by atoms with Crippen molar-refractivity contribution in [1.29, 1.82) is 0 Å². The number of carbonyl (C=O) groups excluding carboxylic acids is 1. The highest BCUT2D eigenvalue weighted by Crippen LogP contribution is 2.21. The fraction of sp³-hybridized carbons (Fsp3) is 0.364. The maximum atomic E-state index is 12.8. The summed E-state index contributed by atoms with van der Waals surface area (Å²) in [6, 6.07) is 11.8. The maximum absolute atomic E-state index is 12.8. The van der Waals surface area contributed by atoms with Gasteiger partial charge in [0.2, 0.25) is 5.91 Å². The van der Waals surface area contributed by atoms with Crippen molar-refractivity contribution in [1.82, 2.24) is 5.32 Å². The van der Waals surface area contributed by atoms with Crippen LogP contribution in [-0.2, 0) is 16.1 Å². The second-order valence-electron chi connectivity index (χ2n) is 7.18. The number of nitrogens with one attached hydrogen (secondary N) is 1. The largest absolute Gasteiger partial charge is 0.478 e. The Balaban J connectivity index is 2.01. The first kappa shape index (κ1) is 22.5. The Morgan fingerprint density at radius 3 is 2.24 bits per heavy atom. The van der Waals surface area contributed by atoms with Gasteiger partial charge in [0.05, 0.1) is 18.2 Å². The molecule has 5 nitrogen and oxygen atoms in total. The van der Waals surface area contributed by atoms with E-state index < -0.39 is 18.5 Å². The minimum absolute atomic E-state index is 0.0402. The molecule has 0 fully saturated rings. The van der Waals surface area contributed by atoms with Crippen molar-refractivity contribution in [3.8, 4) is 0 Å². The number of rotatable bonds is 9. The van der Waals surface area contributed by atoms with E-state index in [2.05, 4.69) is 5.32 Å². The zero-order chi connectivity index (χ0) is 21.6. The topological polar surface area (TPSA) is 75.6 Å². The highest BCUT2D eigenvalue weighted by atomic mass is 19.3. The molecule has 0 spiro atoms. The van der Waals surface area contributed by atoms with E-state index in [0.717, 1.165) is 5.56 Å². The first-order chi connectivity index (χ1) is 13.7. The van der Waals surface area contributed by atoms with Crippen LogP contribution in [0.4, 0.5) is 8.78 Å². The summed E-state index contributed by atoms with van der Waals surface area (Å²) in [5.41, 5.74) is 1.41. The molecule has 0 saturated heterocycles. The Morgan fingerprint density at radius 1 is 1.03 bits per heavy atom. The van der Waals surface area contributed by atoms with Crippen LogP contribution in [0.1, 0.15) is 60.3 Å². The van der Waals surface area contributed by atoms with Crippen LogP contribution in [0, 0.1) is 5.92 Å². The standard InChI is InChI=1S/C22H25F2NO4/c1-13(2)19(29-12-15-5-4-6-18(11-15)20(23)24)21(26)25-14(3)16-7-9-17(10-8-16)22(27)28/h4-11,13-14,19-20H,12H2,1-3H3,(H,25,26)(H,27,28)/t14-,19?/m0/s1. The van der Waals surface area contributed by atoms with E-state index in [1.807, 2.05) is 13.8 Å². The number of benzene rings is 2. The Labute approximate surface area is 168 Å². The van der Waals surface area contributed by atoms with Gasteiger partial charge in [-0.1, -0.05) is 44.2 Å². The number of alkyl halides is 2. The summed E-state index contributed by atoms with van der Waals surface area (Å²) in [4.78, 5) is 23.6. The number of hydrogen-bond donors (Lipinski definition) is 2. The molecule has 2 aromatic rings. The van der Waals surface area contributed by atoms with Crippen molar-refractivity contribution < 1.29 is 28.2 Å². The molecule has 0 saturated carbocycles. The zero-order valence-electron chi connectivity index (χ0n) is 16.6. The molecule has 156 valence electrons. The van der Waals surface area contributed by atoms with Crippen LogP contribution in [-0.4, -0.2) is 23.1 Å². The number of amides is 1. The van der Waals surface area contributed by atoms with Gasteiger partial charge in [0.25, 0.3) is 6.43 Å². The van der Waals surface area contributed by atoms with E-state index in [1.165, 1.54) is 30.3 Å². The van der Waals surface area contributed by atoms with Gasteiger partial charge in [-0.25, -0.2) is 13.6 Å². The van der Waals surface area contributed by atoms with Crippen molar-refractivity contribution in [3.63, 3.8) is 0 Å². The van der Waals surface area contributed by atoms with Crippen LogP contribution >= 0.6 is 0 Å². The average Bonchev–Trinajstić information content (AvgIpc) is 2.68. The van der Waals surface area contributed by atoms with Gasteiger partial charge in [0, 0.05) is 5.56 Å². The first-order valence-electron chi connectivity index (χ1n) is 9.31. The number of carboxylic acid groups (broad SMARTS) is 1. The number of aromatic carboxylic acids is 1. The van der Waals surface area contributed by atoms with E-state index >= 15 is 0 Å². The zero-order valence-corrected chi connectivity index (χ0v) is 16.6. The molecule has 29 heavy (non-hydrogen) atoms. The number of ether oxygens (including phenoxy) is 1. The number of hydrogen-bond acceptors (Lipinski definition) is 3. The summed E-state index contributed by atoms with van der Waals surface area (Å²) < 4.78 is 31.4. The molecule has 0 radical (unpaired) electrons. The SMILES string of the molecule is CC(C)C(OCc1cccc(C(F)F)c1)C(=O)N[C@@H](C)c1ccc(C(=O)O)cc1. The predicted octanol–water partition coefficient (Wildman–Crippen LogP) is 4.74. The fourth-order valence-electron chi connectivity index (χ4n) is 2.87. The number of halogens is 2. The summed E-state index contributed by atoms with van der Waals surface area (Å²) in [6.45, 7) is 5.51. The van der Waals surface area contributed by atoms with Gasteiger partial charge >= 0.3 is 5.97 Å². The van der Waals surface area contributed by atoms with Gasteiger partial charge in [0.1, 0.15) is 6.10 Å². The van der Waals surface area contributed by atoms with E-state index in [0.29, 0.717) is 5.56 Å². The lowest BCUT2D eigenvalue weighted by molar-refractivity contribution is -0.137. The van der Waals surface area contributed by atoms with Crippen molar-refractivity contribution in [2.24, 2.45) is 5.92 Å². The molecular formula is C22H25F2NO4. The van der Waals surface area contributed by atoms with Crippen LogP contribution in [0.15, 0.2) is 48.5 Å². The van der Waals surface area contributed by atoms with Gasteiger partial charge in [-0.05, 0) is 42.2 Å². The molecule has 0 aliphatic carbocycles. The highest BCUT2D eigenvalue weighted by Gasteiger charge is 2.25. The molecule has 0 heterocycles. The van der Waals surface area contributed by atoms with Crippen LogP contribution in [0.25, 0.3) is 0 Å². The second-order valence-corrected chi connectivity index (χ2v) is 7.18. The summed E-state index contributed by atoms with van der Waals surface area (Å²) in [6.07, 6.45) is -3.32. The van der Waals surface area contributed by atoms with E-state index in [1.54, 1.807) is 25.1 Å². The van der Waals surface area contributed by atoms with Crippen LogP contribution in [0.5, 0.6) is 0 Å². The van der Waals surface area contributed by atoms with Crippen molar-refractivity contribution in [2.75, 3.05) is 0 Å². The molecule has 0 aliphatic heterocycles. The third-order valence-corrected chi connectivity index (χ3v) is 4.51.